The molecule has 9 heteroatoms. The molecule has 8 nitrogen and oxygen atoms in total. The normalized spacial score (nSPS) is 11.1. The smallest absolute Gasteiger partial charge is 0.234 e. The van der Waals surface area contributed by atoms with Crippen LogP contribution in [0.15, 0.2) is 35.5 Å². The van der Waals surface area contributed by atoms with Gasteiger partial charge in [-0.05, 0) is 37.1 Å². The van der Waals surface area contributed by atoms with E-state index in [4.69, 9.17) is 9.47 Å². The molecule has 1 amide bonds. The lowest BCUT2D eigenvalue weighted by molar-refractivity contribution is -0.113. The molecule has 4 rings (SSSR count). The SMILES string of the molecule is COc1ccc(NC(=O)CSc2nnc3c(n2)[nH]c2c(C)ccc(C)c23)c(OC)c1. The van der Waals surface area contributed by atoms with Gasteiger partial charge < -0.3 is 19.8 Å². The number of nitrogens with zero attached hydrogens (tertiary/aromatic N) is 3. The number of anilines is 1. The zero-order valence-electron chi connectivity index (χ0n) is 17.1. The van der Waals surface area contributed by atoms with Crippen LogP contribution in [0.1, 0.15) is 11.1 Å². The zero-order chi connectivity index (χ0) is 21.3. The van der Waals surface area contributed by atoms with Crippen molar-refractivity contribution in [2.45, 2.75) is 19.0 Å². The summed E-state index contributed by atoms with van der Waals surface area (Å²) in [4.78, 5) is 20.3. The Morgan fingerprint density at radius 3 is 2.67 bits per heavy atom. The van der Waals surface area contributed by atoms with E-state index in [-0.39, 0.29) is 11.7 Å². The molecule has 0 aliphatic carbocycles. The van der Waals surface area contributed by atoms with Crippen molar-refractivity contribution in [3.63, 3.8) is 0 Å². The van der Waals surface area contributed by atoms with E-state index in [2.05, 4.69) is 37.6 Å². The van der Waals surface area contributed by atoms with E-state index in [0.29, 0.717) is 28.0 Å². The number of fused-ring (bicyclic) bond motifs is 3. The summed E-state index contributed by atoms with van der Waals surface area (Å²) in [6.07, 6.45) is 0. The van der Waals surface area contributed by atoms with E-state index < -0.39 is 0 Å². The number of amides is 1. The first-order valence-electron chi connectivity index (χ1n) is 9.27. The third-order valence-electron chi connectivity index (χ3n) is 4.78. The first-order chi connectivity index (χ1) is 14.5. The van der Waals surface area contributed by atoms with Crippen LogP contribution in [-0.2, 0) is 4.79 Å². The van der Waals surface area contributed by atoms with Gasteiger partial charge in [-0.2, -0.15) is 0 Å². The lowest BCUT2D eigenvalue weighted by Gasteiger charge is -2.11. The zero-order valence-corrected chi connectivity index (χ0v) is 17.9. The Balaban J connectivity index is 1.50. The minimum atomic E-state index is -0.199. The molecule has 2 N–H and O–H groups in total. The minimum absolute atomic E-state index is 0.140. The van der Waals surface area contributed by atoms with E-state index in [1.165, 1.54) is 18.9 Å². The van der Waals surface area contributed by atoms with Crippen molar-refractivity contribution in [1.29, 1.82) is 0 Å². The van der Waals surface area contributed by atoms with Gasteiger partial charge in [-0.1, -0.05) is 23.9 Å². The monoisotopic (exact) mass is 423 g/mol. The minimum Gasteiger partial charge on any atom is -0.497 e. The second-order valence-electron chi connectivity index (χ2n) is 6.77. The van der Waals surface area contributed by atoms with Gasteiger partial charge in [0.15, 0.2) is 5.65 Å². The maximum Gasteiger partial charge on any atom is 0.234 e. The molecule has 0 saturated heterocycles. The van der Waals surface area contributed by atoms with Crippen molar-refractivity contribution >= 4 is 45.4 Å². The first-order valence-corrected chi connectivity index (χ1v) is 10.3. The van der Waals surface area contributed by atoms with Crippen LogP contribution < -0.4 is 14.8 Å². The molecule has 30 heavy (non-hydrogen) atoms. The van der Waals surface area contributed by atoms with Crippen LogP contribution in [0.4, 0.5) is 5.69 Å². The highest BCUT2D eigenvalue weighted by Crippen LogP contribution is 2.30. The fourth-order valence-corrected chi connectivity index (χ4v) is 3.83. The number of H-pyrrole nitrogens is 1. The van der Waals surface area contributed by atoms with E-state index >= 15 is 0 Å². The van der Waals surface area contributed by atoms with Crippen molar-refractivity contribution < 1.29 is 14.3 Å². The molecule has 0 fully saturated rings. The number of thioether (sulfide) groups is 1. The van der Waals surface area contributed by atoms with Gasteiger partial charge in [-0.3, -0.25) is 4.79 Å². The maximum atomic E-state index is 12.4. The summed E-state index contributed by atoms with van der Waals surface area (Å²) in [5, 5.41) is 12.8. The number of ether oxygens (including phenoxy) is 2. The van der Waals surface area contributed by atoms with Crippen LogP contribution in [-0.4, -0.2) is 46.0 Å². The number of rotatable bonds is 6. The van der Waals surface area contributed by atoms with Crippen molar-refractivity contribution in [2.75, 3.05) is 25.3 Å². The van der Waals surface area contributed by atoms with Gasteiger partial charge in [0, 0.05) is 11.5 Å². The highest BCUT2D eigenvalue weighted by molar-refractivity contribution is 7.99. The summed E-state index contributed by atoms with van der Waals surface area (Å²) in [5.74, 6) is 1.11. The predicted molar refractivity (Wildman–Crippen MR) is 118 cm³/mol. The Morgan fingerprint density at radius 1 is 1.10 bits per heavy atom. The van der Waals surface area contributed by atoms with E-state index in [1.54, 1.807) is 25.3 Å². The molecule has 0 atom stereocenters. The Kier molecular flexibility index (Phi) is 5.45. The molecular formula is C21H21N5O3S. The number of benzene rings is 2. The third kappa shape index (κ3) is 3.76. The van der Waals surface area contributed by atoms with Crippen molar-refractivity contribution in [3.05, 3.63) is 41.5 Å². The summed E-state index contributed by atoms with van der Waals surface area (Å²) in [6, 6.07) is 9.33. The lowest BCUT2D eigenvalue weighted by Crippen LogP contribution is -2.15. The van der Waals surface area contributed by atoms with Gasteiger partial charge in [-0.15, -0.1) is 10.2 Å². The number of hydrogen-bond acceptors (Lipinski definition) is 7. The molecule has 2 aromatic carbocycles. The summed E-state index contributed by atoms with van der Waals surface area (Å²) in [6.45, 7) is 4.08. The fourth-order valence-electron chi connectivity index (χ4n) is 3.24. The standard InChI is InChI=1S/C21H21N5O3S/c1-11-5-6-12(2)18-17(11)19-20(23-18)24-21(26-25-19)30-10-16(27)22-14-8-7-13(28-3)9-15(14)29-4/h5-9H,10H2,1-4H3,(H,22,27)(H,23,24,26). The first kappa shape index (κ1) is 20.0. The summed E-state index contributed by atoms with van der Waals surface area (Å²) in [5.41, 5.74) is 5.22. The van der Waals surface area contributed by atoms with Crippen molar-refractivity contribution in [1.82, 2.24) is 20.2 Å². The molecule has 154 valence electrons. The second-order valence-corrected chi connectivity index (χ2v) is 7.71. The summed E-state index contributed by atoms with van der Waals surface area (Å²) >= 11 is 1.22. The summed E-state index contributed by atoms with van der Waals surface area (Å²) < 4.78 is 10.5. The highest BCUT2D eigenvalue weighted by atomic mass is 32.2. The van der Waals surface area contributed by atoms with Gasteiger partial charge in [0.25, 0.3) is 0 Å². The molecule has 2 aromatic heterocycles. The van der Waals surface area contributed by atoms with Crippen molar-refractivity contribution in [2.24, 2.45) is 0 Å². The molecule has 0 aliphatic rings. The number of carbonyl (C=O) groups is 1. The Hall–Kier alpha value is -3.33. The molecule has 0 spiro atoms. The van der Waals surface area contributed by atoms with Crippen LogP contribution in [0.25, 0.3) is 22.1 Å². The summed E-state index contributed by atoms with van der Waals surface area (Å²) in [7, 11) is 3.11. The lowest BCUT2D eigenvalue weighted by atomic mass is 10.1. The third-order valence-corrected chi connectivity index (χ3v) is 5.62. The molecular weight excluding hydrogens is 402 g/mol. The van der Waals surface area contributed by atoms with Gasteiger partial charge in [0.05, 0.1) is 31.2 Å². The maximum absolute atomic E-state index is 12.4. The average molecular weight is 423 g/mol. The van der Waals surface area contributed by atoms with Gasteiger partial charge in [0.1, 0.15) is 17.0 Å². The topological polar surface area (TPSA) is 102 Å². The molecule has 0 saturated carbocycles. The molecule has 0 radical (unpaired) electrons. The number of aromatic amines is 1. The number of carbonyl (C=O) groups excluding carboxylic acids is 1. The molecule has 2 heterocycles. The number of nitrogens with one attached hydrogen (secondary N) is 2. The Labute approximate surface area is 177 Å². The Morgan fingerprint density at radius 2 is 1.90 bits per heavy atom. The van der Waals surface area contributed by atoms with Gasteiger partial charge in [0.2, 0.25) is 11.1 Å². The van der Waals surface area contributed by atoms with Crippen LogP contribution >= 0.6 is 11.8 Å². The fraction of sp³-hybridized carbons (Fsp3) is 0.238. The quantitative estimate of drug-likeness (QED) is 0.454. The van der Waals surface area contributed by atoms with Crippen molar-refractivity contribution in [3.8, 4) is 11.5 Å². The highest BCUT2D eigenvalue weighted by Gasteiger charge is 2.14. The largest absolute Gasteiger partial charge is 0.497 e. The van der Waals surface area contributed by atoms with Gasteiger partial charge >= 0.3 is 0 Å². The van der Waals surface area contributed by atoms with Gasteiger partial charge in [-0.25, -0.2) is 4.98 Å². The van der Waals surface area contributed by atoms with Crippen LogP contribution in [0, 0.1) is 13.8 Å². The molecule has 4 aromatic rings. The predicted octanol–water partition coefficient (Wildman–Crippen LogP) is 3.87. The van der Waals surface area contributed by atoms with Crippen LogP contribution in [0.2, 0.25) is 0 Å². The molecule has 0 aliphatic heterocycles. The number of methoxy groups -OCH3 is 2. The van der Waals surface area contributed by atoms with Crippen LogP contribution in [0.5, 0.6) is 11.5 Å². The van der Waals surface area contributed by atoms with E-state index in [0.717, 1.165) is 27.5 Å². The van der Waals surface area contributed by atoms with E-state index in [1.807, 2.05) is 13.8 Å². The number of aromatic nitrogens is 4. The number of hydrogen-bond donors (Lipinski definition) is 2. The second kappa shape index (κ2) is 8.19. The molecule has 0 unspecified atom stereocenters. The average Bonchev–Trinajstić information content (AvgIpc) is 3.15. The van der Waals surface area contributed by atoms with E-state index in [9.17, 15) is 4.79 Å². The Bertz CT molecular complexity index is 1250. The molecule has 0 bridgehead atoms. The van der Waals surface area contributed by atoms with Crippen LogP contribution in [0.3, 0.4) is 0 Å². The number of aryl methyl sites for hydroxylation is 2.